The van der Waals surface area contributed by atoms with Gasteiger partial charge in [-0.05, 0) is 7.05 Å². The lowest BCUT2D eigenvalue weighted by Gasteiger charge is -2.20. The van der Waals surface area contributed by atoms with Crippen molar-refractivity contribution >= 4 is 7.80 Å². The summed E-state index contributed by atoms with van der Waals surface area (Å²) in [4.78, 5) is 2.23. The Hall–Kier alpha value is 0.190. The van der Waals surface area contributed by atoms with Crippen LogP contribution in [-0.4, -0.2) is 37.4 Å². The third-order valence-electron chi connectivity index (χ3n) is 1.54. The molecule has 2 nitrogen and oxygen atoms in total. The van der Waals surface area contributed by atoms with Crippen LogP contribution in [0.25, 0.3) is 0 Å². The van der Waals surface area contributed by atoms with Gasteiger partial charge in [0.2, 0.25) is 0 Å². The molecule has 0 unspecified atom stereocenters. The van der Waals surface area contributed by atoms with Crippen molar-refractivity contribution in [2.45, 2.75) is 0 Å². The fraction of sp³-hybridized carbons (Fsp3) is 1.00. The van der Waals surface area contributed by atoms with E-state index in [1.54, 1.807) is 0 Å². The van der Waals surface area contributed by atoms with Crippen LogP contribution < -0.4 is 0 Å². The van der Waals surface area contributed by atoms with E-state index in [-0.39, 0.29) is 0 Å². The summed E-state index contributed by atoms with van der Waals surface area (Å²) in [5.41, 5.74) is 0. The SMILES string of the molecule is CN1CC[PH](=O)CC1. The fourth-order valence-corrected chi connectivity index (χ4v) is 2.38. The van der Waals surface area contributed by atoms with E-state index in [1.807, 2.05) is 0 Å². The molecule has 48 valence electrons. The van der Waals surface area contributed by atoms with E-state index < -0.39 is 7.80 Å². The van der Waals surface area contributed by atoms with E-state index in [0.29, 0.717) is 0 Å². The van der Waals surface area contributed by atoms with Crippen molar-refractivity contribution in [1.29, 1.82) is 0 Å². The molecule has 1 aliphatic rings. The van der Waals surface area contributed by atoms with Crippen LogP contribution >= 0.6 is 7.80 Å². The van der Waals surface area contributed by atoms with Crippen LogP contribution in [0.2, 0.25) is 0 Å². The molecule has 1 aliphatic heterocycles. The Morgan fingerprint density at radius 3 is 2.25 bits per heavy atom. The van der Waals surface area contributed by atoms with E-state index in [1.165, 1.54) is 0 Å². The summed E-state index contributed by atoms with van der Waals surface area (Å²) in [7, 11) is 0.960. The van der Waals surface area contributed by atoms with Gasteiger partial charge in [0.25, 0.3) is 0 Å². The Morgan fingerprint density at radius 1 is 1.38 bits per heavy atom. The average Bonchev–Trinajstić information content (AvgIpc) is 1.77. The van der Waals surface area contributed by atoms with Gasteiger partial charge in [0.05, 0.1) is 7.80 Å². The highest BCUT2D eigenvalue weighted by Crippen LogP contribution is 2.22. The standard InChI is InChI=1S/C5H12NOP/c1-6-2-4-8(7)5-3-6/h8H,2-5H2,1H3. The van der Waals surface area contributed by atoms with Gasteiger partial charge >= 0.3 is 0 Å². The summed E-state index contributed by atoms with van der Waals surface area (Å²) in [6, 6.07) is 0. The zero-order valence-corrected chi connectivity index (χ0v) is 6.18. The third kappa shape index (κ3) is 1.61. The van der Waals surface area contributed by atoms with Crippen LogP contribution in [0.1, 0.15) is 0 Å². The molecule has 3 heteroatoms. The quantitative estimate of drug-likeness (QED) is 0.448. The van der Waals surface area contributed by atoms with Gasteiger partial charge in [-0.25, -0.2) is 0 Å². The highest BCUT2D eigenvalue weighted by atomic mass is 31.1. The van der Waals surface area contributed by atoms with E-state index >= 15 is 0 Å². The second kappa shape index (κ2) is 2.65. The molecule has 0 aromatic carbocycles. The van der Waals surface area contributed by atoms with Gasteiger partial charge in [0.1, 0.15) is 0 Å². The lowest BCUT2D eigenvalue weighted by Crippen LogP contribution is -2.28. The van der Waals surface area contributed by atoms with E-state index in [0.717, 1.165) is 25.4 Å². The Balaban J connectivity index is 2.29. The summed E-state index contributed by atoms with van der Waals surface area (Å²) in [5, 5.41) is 0. The molecule has 0 radical (unpaired) electrons. The van der Waals surface area contributed by atoms with Crippen molar-refractivity contribution in [3.05, 3.63) is 0 Å². The number of nitrogens with zero attached hydrogens (tertiary/aromatic N) is 1. The zero-order chi connectivity index (χ0) is 5.98. The normalized spacial score (nSPS) is 26.1. The van der Waals surface area contributed by atoms with Crippen molar-refractivity contribution in [3.63, 3.8) is 0 Å². The van der Waals surface area contributed by atoms with Crippen LogP contribution in [0, 0.1) is 0 Å². The molecular formula is C5H12NOP. The summed E-state index contributed by atoms with van der Waals surface area (Å²) in [6.07, 6.45) is 1.89. The highest BCUT2D eigenvalue weighted by molar-refractivity contribution is 7.44. The second-order valence-electron chi connectivity index (χ2n) is 2.34. The fourth-order valence-electron chi connectivity index (χ4n) is 0.868. The molecule has 0 N–H and O–H groups in total. The number of rotatable bonds is 0. The zero-order valence-electron chi connectivity index (χ0n) is 5.18. The van der Waals surface area contributed by atoms with Crippen molar-refractivity contribution in [3.8, 4) is 0 Å². The molecular weight excluding hydrogens is 121 g/mol. The molecule has 1 heterocycles. The molecule has 0 bridgehead atoms. The molecule has 0 aromatic rings. The van der Waals surface area contributed by atoms with Crippen LogP contribution in [0.5, 0.6) is 0 Å². The Labute approximate surface area is 50.7 Å². The van der Waals surface area contributed by atoms with E-state index in [4.69, 9.17) is 0 Å². The largest absolute Gasteiger partial charge is 0.327 e. The monoisotopic (exact) mass is 133 g/mol. The molecule has 0 amide bonds. The maximum Gasteiger partial charge on any atom is 0.0787 e. The van der Waals surface area contributed by atoms with Gasteiger partial charge in [-0.2, -0.15) is 0 Å². The summed E-state index contributed by atoms with van der Waals surface area (Å²) in [6.45, 7) is 2.08. The molecule has 0 spiro atoms. The molecule has 0 aromatic heterocycles. The minimum atomic E-state index is -1.12. The Kier molecular flexibility index (Phi) is 2.09. The first-order chi connectivity index (χ1) is 3.79. The van der Waals surface area contributed by atoms with Crippen molar-refractivity contribution < 1.29 is 4.57 Å². The number of hydrogen-bond acceptors (Lipinski definition) is 2. The first-order valence-corrected chi connectivity index (χ1v) is 4.81. The molecule has 0 aliphatic carbocycles. The lowest BCUT2D eigenvalue weighted by molar-refractivity contribution is 0.363. The van der Waals surface area contributed by atoms with Crippen LogP contribution in [-0.2, 0) is 4.57 Å². The molecule has 0 atom stereocenters. The minimum Gasteiger partial charge on any atom is -0.327 e. The second-order valence-corrected chi connectivity index (χ2v) is 4.42. The summed E-state index contributed by atoms with van der Waals surface area (Å²) >= 11 is 0. The molecule has 1 fully saturated rings. The van der Waals surface area contributed by atoms with Gasteiger partial charge in [0.15, 0.2) is 0 Å². The van der Waals surface area contributed by atoms with E-state index in [2.05, 4.69) is 11.9 Å². The molecule has 0 saturated carbocycles. The molecule has 8 heavy (non-hydrogen) atoms. The maximum absolute atomic E-state index is 10.8. The van der Waals surface area contributed by atoms with Gasteiger partial charge in [-0.15, -0.1) is 0 Å². The first kappa shape index (κ1) is 6.31. The van der Waals surface area contributed by atoms with Crippen LogP contribution in [0.3, 0.4) is 0 Å². The summed E-state index contributed by atoms with van der Waals surface area (Å²) < 4.78 is 10.8. The van der Waals surface area contributed by atoms with Gasteiger partial charge < -0.3 is 9.46 Å². The lowest BCUT2D eigenvalue weighted by atomic mass is 10.6. The van der Waals surface area contributed by atoms with Gasteiger partial charge in [-0.1, -0.05) is 0 Å². The first-order valence-electron chi connectivity index (χ1n) is 2.99. The van der Waals surface area contributed by atoms with Crippen molar-refractivity contribution in [2.75, 3.05) is 32.5 Å². The third-order valence-corrected chi connectivity index (χ3v) is 3.11. The topological polar surface area (TPSA) is 20.3 Å². The van der Waals surface area contributed by atoms with Crippen LogP contribution in [0.4, 0.5) is 0 Å². The Morgan fingerprint density at radius 2 is 1.88 bits per heavy atom. The predicted molar refractivity (Wildman–Crippen MR) is 36.2 cm³/mol. The maximum atomic E-state index is 10.8. The Bertz CT molecular complexity index is 94.6. The minimum absolute atomic E-state index is 0.946. The number of hydrogen-bond donors (Lipinski definition) is 0. The van der Waals surface area contributed by atoms with Crippen molar-refractivity contribution in [1.82, 2.24) is 4.90 Å². The molecule has 1 saturated heterocycles. The van der Waals surface area contributed by atoms with E-state index in [9.17, 15) is 4.57 Å². The predicted octanol–water partition coefficient (Wildman–Crippen LogP) is 0.491. The average molecular weight is 133 g/mol. The highest BCUT2D eigenvalue weighted by Gasteiger charge is 2.09. The van der Waals surface area contributed by atoms with Crippen molar-refractivity contribution in [2.24, 2.45) is 0 Å². The molecule has 1 rings (SSSR count). The van der Waals surface area contributed by atoms with Gasteiger partial charge in [-0.3, -0.25) is 0 Å². The smallest absolute Gasteiger partial charge is 0.0787 e. The van der Waals surface area contributed by atoms with Crippen LogP contribution in [0.15, 0.2) is 0 Å². The summed E-state index contributed by atoms with van der Waals surface area (Å²) in [5.74, 6) is 0. The van der Waals surface area contributed by atoms with Gasteiger partial charge in [0, 0.05) is 25.4 Å².